The Labute approximate surface area is 116 Å². The third-order valence-electron chi connectivity index (χ3n) is 3.35. The Kier molecular flexibility index (Phi) is 3.35. The van der Waals surface area contributed by atoms with Crippen LogP contribution in [0.1, 0.15) is 5.56 Å². The molecule has 3 rings (SSSR count). The van der Waals surface area contributed by atoms with Gasteiger partial charge >= 0.3 is 5.97 Å². The van der Waals surface area contributed by atoms with Crippen LogP contribution in [0.3, 0.4) is 0 Å². The molecule has 0 unspecified atom stereocenters. The van der Waals surface area contributed by atoms with Gasteiger partial charge in [-0.3, -0.25) is 0 Å². The van der Waals surface area contributed by atoms with Gasteiger partial charge in [-0.25, -0.2) is 4.79 Å². The van der Waals surface area contributed by atoms with Crippen LogP contribution in [0, 0.1) is 0 Å². The van der Waals surface area contributed by atoms with Gasteiger partial charge in [0.15, 0.2) is 0 Å². The van der Waals surface area contributed by atoms with Crippen LogP contribution >= 0.6 is 0 Å². The van der Waals surface area contributed by atoms with Gasteiger partial charge < -0.3 is 9.84 Å². The number of hydrogen-bond acceptors (Lipinski definition) is 3. The zero-order valence-corrected chi connectivity index (χ0v) is 10.9. The second-order valence-corrected chi connectivity index (χ2v) is 4.62. The molecule has 20 heavy (non-hydrogen) atoms. The SMILES string of the molecule is O=C1OC/C(=C\CO)C=C1c1cccc2ccccc12. The van der Waals surface area contributed by atoms with Gasteiger partial charge in [-0.2, -0.15) is 0 Å². The zero-order valence-electron chi connectivity index (χ0n) is 10.9. The van der Waals surface area contributed by atoms with Gasteiger partial charge in [0.1, 0.15) is 6.61 Å². The van der Waals surface area contributed by atoms with Crippen molar-refractivity contribution in [2.45, 2.75) is 0 Å². The van der Waals surface area contributed by atoms with Crippen LogP contribution in [0.2, 0.25) is 0 Å². The lowest BCUT2D eigenvalue weighted by Gasteiger charge is -2.17. The molecule has 0 aromatic heterocycles. The summed E-state index contributed by atoms with van der Waals surface area (Å²) in [5.41, 5.74) is 2.21. The molecule has 3 heteroatoms. The van der Waals surface area contributed by atoms with Gasteiger partial charge in [0.25, 0.3) is 0 Å². The van der Waals surface area contributed by atoms with E-state index >= 15 is 0 Å². The number of carbonyl (C=O) groups excluding carboxylic acids is 1. The highest BCUT2D eigenvalue weighted by molar-refractivity contribution is 6.21. The number of benzene rings is 2. The first kappa shape index (κ1) is 12.6. The maximum absolute atomic E-state index is 12.0. The van der Waals surface area contributed by atoms with E-state index in [9.17, 15) is 4.79 Å². The molecule has 1 aliphatic heterocycles. The minimum atomic E-state index is -0.323. The largest absolute Gasteiger partial charge is 0.457 e. The number of esters is 1. The van der Waals surface area contributed by atoms with Crippen LogP contribution in [0.5, 0.6) is 0 Å². The quantitative estimate of drug-likeness (QED) is 0.850. The molecule has 1 heterocycles. The molecule has 0 spiro atoms. The van der Waals surface area contributed by atoms with E-state index in [1.807, 2.05) is 42.5 Å². The molecule has 0 aliphatic carbocycles. The van der Waals surface area contributed by atoms with Crippen molar-refractivity contribution >= 4 is 22.3 Å². The van der Waals surface area contributed by atoms with Crippen LogP contribution in [-0.2, 0) is 9.53 Å². The van der Waals surface area contributed by atoms with Crippen LogP contribution in [0.15, 0.2) is 60.2 Å². The fourth-order valence-corrected chi connectivity index (χ4v) is 2.40. The van der Waals surface area contributed by atoms with Gasteiger partial charge in [-0.1, -0.05) is 48.5 Å². The van der Waals surface area contributed by atoms with Crippen molar-refractivity contribution in [1.29, 1.82) is 0 Å². The minimum absolute atomic E-state index is 0.0633. The Morgan fingerprint density at radius 3 is 2.80 bits per heavy atom. The van der Waals surface area contributed by atoms with E-state index in [1.54, 1.807) is 12.2 Å². The fraction of sp³-hybridized carbons (Fsp3) is 0.118. The minimum Gasteiger partial charge on any atom is -0.457 e. The first-order valence-corrected chi connectivity index (χ1v) is 6.46. The second kappa shape index (κ2) is 5.31. The number of aliphatic hydroxyl groups excluding tert-OH is 1. The molecule has 1 N–H and O–H groups in total. The maximum Gasteiger partial charge on any atom is 0.339 e. The molecule has 0 fully saturated rings. The summed E-state index contributed by atoms with van der Waals surface area (Å²) in [4.78, 5) is 12.0. The number of rotatable bonds is 2. The smallest absolute Gasteiger partial charge is 0.339 e. The molecule has 100 valence electrons. The molecule has 0 saturated carbocycles. The van der Waals surface area contributed by atoms with Crippen LogP contribution in [-0.4, -0.2) is 24.3 Å². The Hall–Kier alpha value is -2.39. The van der Waals surface area contributed by atoms with Crippen LogP contribution < -0.4 is 0 Å². The number of cyclic esters (lactones) is 1. The molecule has 2 aromatic rings. The van der Waals surface area contributed by atoms with E-state index in [2.05, 4.69) is 0 Å². The summed E-state index contributed by atoms with van der Waals surface area (Å²) >= 11 is 0. The lowest BCUT2D eigenvalue weighted by Crippen LogP contribution is -2.15. The van der Waals surface area contributed by atoms with Crippen LogP contribution in [0.4, 0.5) is 0 Å². The Morgan fingerprint density at radius 1 is 1.15 bits per heavy atom. The third kappa shape index (κ3) is 2.24. The zero-order chi connectivity index (χ0) is 13.9. The molecule has 0 bridgehead atoms. The second-order valence-electron chi connectivity index (χ2n) is 4.62. The Bertz CT molecular complexity index is 721. The average Bonchev–Trinajstić information content (AvgIpc) is 2.49. The summed E-state index contributed by atoms with van der Waals surface area (Å²) < 4.78 is 5.17. The van der Waals surface area contributed by atoms with Gasteiger partial charge in [-0.15, -0.1) is 0 Å². The lowest BCUT2D eigenvalue weighted by atomic mass is 9.95. The predicted octanol–water partition coefficient (Wildman–Crippen LogP) is 2.70. The third-order valence-corrected chi connectivity index (χ3v) is 3.35. The van der Waals surface area contributed by atoms with Gasteiger partial charge in [0.05, 0.1) is 12.2 Å². The van der Waals surface area contributed by atoms with E-state index in [4.69, 9.17) is 9.84 Å². The highest BCUT2D eigenvalue weighted by Crippen LogP contribution is 2.29. The topological polar surface area (TPSA) is 46.5 Å². The van der Waals surface area contributed by atoms with E-state index in [1.165, 1.54) is 0 Å². The van der Waals surface area contributed by atoms with Crippen molar-refractivity contribution in [3.05, 3.63) is 65.8 Å². The Balaban J connectivity index is 2.18. The first-order valence-electron chi connectivity index (χ1n) is 6.46. The number of carbonyl (C=O) groups is 1. The summed E-state index contributed by atoms with van der Waals surface area (Å²) in [5, 5.41) is 11.1. The highest BCUT2D eigenvalue weighted by Gasteiger charge is 2.20. The van der Waals surface area contributed by atoms with Crippen molar-refractivity contribution in [3.8, 4) is 0 Å². The van der Waals surface area contributed by atoms with Crippen LogP contribution in [0.25, 0.3) is 16.3 Å². The number of hydrogen-bond donors (Lipinski definition) is 1. The van der Waals surface area contributed by atoms with E-state index < -0.39 is 0 Å². The average molecular weight is 266 g/mol. The van der Waals surface area contributed by atoms with Gasteiger partial charge in [0.2, 0.25) is 0 Å². The lowest BCUT2D eigenvalue weighted by molar-refractivity contribution is -0.136. The van der Waals surface area contributed by atoms with Gasteiger partial charge in [0, 0.05) is 0 Å². The number of aliphatic hydroxyl groups is 1. The molecular formula is C17H14O3. The molecular weight excluding hydrogens is 252 g/mol. The van der Waals surface area contributed by atoms with Crippen molar-refractivity contribution < 1.29 is 14.6 Å². The van der Waals surface area contributed by atoms with Crippen molar-refractivity contribution in [2.75, 3.05) is 13.2 Å². The Morgan fingerprint density at radius 2 is 1.95 bits per heavy atom. The van der Waals surface area contributed by atoms with Crippen molar-refractivity contribution in [3.63, 3.8) is 0 Å². The molecule has 2 aromatic carbocycles. The van der Waals surface area contributed by atoms with Gasteiger partial charge in [-0.05, 0) is 28.0 Å². The van der Waals surface area contributed by atoms with E-state index in [0.717, 1.165) is 21.9 Å². The molecule has 0 radical (unpaired) electrons. The summed E-state index contributed by atoms with van der Waals surface area (Å²) in [5.74, 6) is -0.323. The summed E-state index contributed by atoms with van der Waals surface area (Å²) in [6, 6.07) is 13.8. The van der Waals surface area contributed by atoms with Crippen molar-refractivity contribution in [2.24, 2.45) is 0 Å². The van der Waals surface area contributed by atoms with Crippen molar-refractivity contribution in [1.82, 2.24) is 0 Å². The number of fused-ring (bicyclic) bond motifs is 1. The normalized spacial score (nSPS) is 17.1. The van der Waals surface area contributed by atoms with E-state index in [0.29, 0.717) is 5.57 Å². The first-order chi connectivity index (χ1) is 9.79. The molecule has 3 nitrogen and oxygen atoms in total. The molecule has 0 atom stereocenters. The molecule has 0 amide bonds. The monoisotopic (exact) mass is 266 g/mol. The summed E-state index contributed by atoms with van der Waals surface area (Å²) in [6.07, 6.45) is 3.45. The number of ether oxygens (including phenoxy) is 1. The highest BCUT2D eigenvalue weighted by atomic mass is 16.5. The van der Waals surface area contributed by atoms with E-state index in [-0.39, 0.29) is 19.2 Å². The maximum atomic E-state index is 12.0. The predicted molar refractivity (Wildman–Crippen MR) is 78.1 cm³/mol. The summed E-state index contributed by atoms with van der Waals surface area (Å²) in [7, 11) is 0. The standard InChI is InChI=1S/C17H14O3/c18-9-8-12-10-16(17(19)20-11-12)15-7-3-5-13-4-1-2-6-14(13)15/h1-8,10,18H,9,11H2/b12-8-. The molecule has 0 saturated heterocycles. The molecule has 1 aliphatic rings. The fourth-order valence-electron chi connectivity index (χ4n) is 2.40. The summed E-state index contributed by atoms with van der Waals surface area (Å²) in [6.45, 7) is 0.153.